The number of aliphatic hydroxyl groups is 3. The number of rotatable bonds is 6. The minimum absolute atomic E-state index is 0.0565. The van der Waals surface area contributed by atoms with Crippen LogP contribution >= 0.6 is 0 Å². The van der Waals surface area contributed by atoms with Crippen molar-refractivity contribution in [1.82, 2.24) is 0 Å². The second-order valence-corrected chi connectivity index (χ2v) is 12.7. The van der Waals surface area contributed by atoms with Crippen LogP contribution in [0.2, 0.25) is 0 Å². The Balaban J connectivity index is 1.62. The van der Waals surface area contributed by atoms with E-state index in [1.807, 2.05) is 0 Å². The highest BCUT2D eigenvalue weighted by Crippen LogP contribution is 2.68. The lowest BCUT2D eigenvalue weighted by Gasteiger charge is -2.63. The fourth-order valence-electron chi connectivity index (χ4n) is 9.19. The summed E-state index contributed by atoms with van der Waals surface area (Å²) in [6.45, 7) is 12.8. The summed E-state index contributed by atoms with van der Waals surface area (Å²) in [6.07, 6.45) is 4.96. The van der Waals surface area contributed by atoms with Crippen molar-refractivity contribution < 1.29 is 25.2 Å². The van der Waals surface area contributed by atoms with Crippen LogP contribution < -0.4 is 0 Å². The molecule has 4 rings (SSSR count). The maximum atomic E-state index is 13.0. The monoisotopic (exact) mass is 462 g/mol. The highest BCUT2D eigenvalue weighted by molar-refractivity contribution is 5.76. The van der Waals surface area contributed by atoms with Gasteiger partial charge in [0.15, 0.2) is 0 Å². The quantitative estimate of drug-likeness (QED) is 0.431. The van der Waals surface area contributed by atoms with Crippen molar-refractivity contribution in [2.24, 2.45) is 52.3 Å². The number of allylic oxidation sites excluding steroid dienone is 1. The Kier molecular flexibility index (Phi) is 6.83. The van der Waals surface area contributed by atoms with Crippen LogP contribution in [-0.4, -0.2) is 44.7 Å². The molecule has 11 atom stereocenters. The van der Waals surface area contributed by atoms with Crippen LogP contribution in [0.1, 0.15) is 85.5 Å². The van der Waals surface area contributed by atoms with Gasteiger partial charge < -0.3 is 20.4 Å². The highest BCUT2D eigenvalue weighted by Gasteiger charge is 2.69. The van der Waals surface area contributed by atoms with Crippen LogP contribution in [0, 0.1) is 52.3 Å². The van der Waals surface area contributed by atoms with Gasteiger partial charge in [-0.3, -0.25) is 4.79 Å². The Hall–Kier alpha value is -0.910. The van der Waals surface area contributed by atoms with Gasteiger partial charge in [-0.15, -0.1) is 0 Å². The molecule has 0 radical (unpaired) electrons. The van der Waals surface area contributed by atoms with E-state index in [1.165, 1.54) is 5.57 Å². The number of fused-ring (bicyclic) bond motifs is 5. The average molecular weight is 463 g/mol. The van der Waals surface area contributed by atoms with E-state index < -0.39 is 35.1 Å². The molecule has 0 spiro atoms. The number of carboxylic acids is 1. The van der Waals surface area contributed by atoms with E-state index in [2.05, 4.69) is 34.3 Å². The van der Waals surface area contributed by atoms with Gasteiger partial charge in [-0.25, -0.2) is 0 Å². The molecule has 0 aromatic rings. The first-order chi connectivity index (χ1) is 15.4. The molecule has 33 heavy (non-hydrogen) atoms. The zero-order valence-electron chi connectivity index (χ0n) is 21.0. The Labute approximate surface area is 199 Å². The van der Waals surface area contributed by atoms with Gasteiger partial charge in [0, 0.05) is 5.41 Å². The third-order valence-corrected chi connectivity index (χ3v) is 11.1. The first-order valence-corrected chi connectivity index (χ1v) is 13.4. The van der Waals surface area contributed by atoms with Gasteiger partial charge in [-0.1, -0.05) is 39.8 Å². The first-order valence-electron chi connectivity index (χ1n) is 13.4. The lowest BCUT2D eigenvalue weighted by molar-refractivity contribution is -0.223. The number of hydrogen-bond acceptors (Lipinski definition) is 4. The van der Waals surface area contributed by atoms with Gasteiger partial charge in [0.05, 0.1) is 23.7 Å². The van der Waals surface area contributed by atoms with Crippen LogP contribution in [0.3, 0.4) is 0 Å². The van der Waals surface area contributed by atoms with E-state index in [1.54, 1.807) is 0 Å². The van der Waals surface area contributed by atoms with Crippen molar-refractivity contribution in [2.75, 3.05) is 0 Å². The van der Waals surface area contributed by atoms with Gasteiger partial charge in [0.25, 0.3) is 0 Å². The summed E-state index contributed by atoms with van der Waals surface area (Å²) in [5.74, 6) is 0.324. The molecule has 0 aliphatic heterocycles. The molecule has 0 saturated heterocycles. The highest BCUT2D eigenvalue weighted by atomic mass is 16.4. The SMILES string of the molecule is C=C(CCC(C)C1CCC2C3CCC4C[C@@H](O)C[C@H](O)[C@]4(C)C3[C@H](O)C[C@]12C(=O)O)C(C)C. The Bertz CT molecular complexity index is 763. The third kappa shape index (κ3) is 3.81. The minimum Gasteiger partial charge on any atom is -0.481 e. The molecule has 4 saturated carbocycles. The Morgan fingerprint density at radius 3 is 2.39 bits per heavy atom. The number of aliphatic hydroxyl groups excluding tert-OH is 3. The topological polar surface area (TPSA) is 98.0 Å². The molecular weight excluding hydrogens is 416 g/mol. The van der Waals surface area contributed by atoms with Crippen LogP contribution in [0.15, 0.2) is 12.2 Å². The zero-order chi connectivity index (χ0) is 24.3. The van der Waals surface area contributed by atoms with Crippen molar-refractivity contribution in [1.29, 1.82) is 0 Å². The second-order valence-electron chi connectivity index (χ2n) is 12.7. The van der Waals surface area contributed by atoms with Crippen molar-refractivity contribution in [2.45, 2.75) is 104 Å². The average Bonchev–Trinajstić information content (AvgIpc) is 3.13. The van der Waals surface area contributed by atoms with Gasteiger partial charge in [-0.2, -0.15) is 0 Å². The smallest absolute Gasteiger partial charge is 0.310 e. The van der Waals surface area contributed by atoms with E-state index in [-0.39, 0.29) is 35.5 Å². The number of hydrogen-bond donors (Lipinski definition) is 4. The van der Waals surface area contributed by atoms with Crippen molar-refractivity contribution in [3.05, 3.63) is 12.2 Å². The number of carboxylic acid groups (broad SMARTS) is 1. The lowest BCUT2D eigenvalue weighted by Crippen LogP contribution is -2.64. The van der Waals surface area contributed by atoms with E-state index >= 15 is 0 Å². The Morgan fingerprint density at radius 2 is 1.76 bits per heavy atom. The normalized spacial score (nSPS) is 48.0. The van der Waals surface area contributed by atoms with Crippen LogP contribution in [-0.2, 0) is 4.79 Å². The molecular formula is C28H46O5. The molecule has 0 amide bonds. The predicted octanol–water partition coefficient (Wildman–Crippen LogP) is 4.64. The molecule has 188 valence electrons. The fourth-order valence-corrected chi connectivity index (χ4v) is 9.19. The molecule has 4 aliphatic carbocycles. The Morgan fingerprint density at radius 1 is 1.06 bits per heavy atom. The molecule has 0 bridgehead atoms. The molecule has 5 heteroatoms. The molecule has 0 aromatic heterocycles. The second kappa shape index (κ2) is 8.95. The lowest BCUT2D eigenvalue weighted by atomic mass is 9.42. The molecule has 5 nitrogen and oxygen atoms in total. The summed E-state index contributed by atoms with van der Waals surface area (Å²) in [7, 11) is 0. The van der Waals surface area contributed by atoms with E-state index in [4.69, 9.17) is 0 Å². The summed E-state index contributed by atoms with van der Waals surface area (Å²) in [5.41, 5.74) is -0.101. The summed E-state index contributed by atoms with van der Waals surface area (Å²) >= 11 is 0. The summed E-state index contributed by atoms with van der Waals surface area (Å²) in [6, 6.07) is 0. The van der Waals surface area contributed by atoms with E-state index in [0.29, 0.717) is 25.2 Å². The van der Waals surface area contributed by atoms with Crippen molar-refractivity contribution in [3.63, 3.8) is 0 Å². The first kappa shape index (κ1) is 25.2. The summed E-state index contributed by atoms with van der Waals surface area (Å²) in [5, 5.41) is 43.6. The predicted molar refractivity (Wildman–Crippen MR) is 128 cm³/mol. The van der Waals surface area contributed by atoms with E-state index in [9.17, 15) is 25.2 Å². The van der Waals surface area contributed by atoms with Gasteiger partial charge in [0.2, 0.25) is 0 Å². The van der Waals surface area contributed by atoms with Crippen molar-refractivity contribution >= 4 is 5.97 Å². The summed E-state index contributed by atoms with van der Waals surface area (Å²) < 4.78 is 0. The fraction of sp³-hybridized carbons (Fsp3) is 0.893. The molecule has 6 unspecified atom stereocenters. The number of carbonyl (C=O) groups is 1. The molecule has 4 fully saturated rings. The number of aliphatic carboxylic acids is 1. The zero-order valence-corrected chi connectivity index (χ0v) is 21.0. The van der Waals surface area contributed by atoms with Gasteiger partial charge in [-0.05, 0) is 99.2 Å². The van der Waals surface area contributed by atoms with Crippen LogP contribution in [0.4, 0.5) is 0 Å². The van der Waals surface area contributed by atoms with Crippen LogP contribution in [0.25, 0.3) is 0 Å². The summed E-state index contributed by atoms with van der Waals surface area (Å²) in [4.78, 5) is 13.0. The molecule has 4 N–H and O–H groups in total. The van der Waals surface area contributed by atoms with Crippen molar-refractivity contribution in [3.8, 4) is 0 Å². The molecule has 4 aliphatic rings. The maximum absolute atomic E-state index is 13.0. The van der Waals surface area contributed by atoms with Crippen LogP contribution in [0.5, 0.6) is 0 Å². The standard InChI is InChI=1S/C28H46O5/c1-15(2)16(3)6-7-17(4)21-10-11-22-20-9-8-18-12-19(29)13-24(31)27(18,5)25(20)23(30)14-28(21,22)26(32)33/h15,17-25,29-31H,3,6-14H2,1-2,4-5H3,(H,32,33)/t17?,18?,19-,20?,21?,22?,23-,24+,25?,27-,28+/m1/s1. The molecule has 0 aromatic carbocycles. The minimum atomic E-state index is -0.874. The van der Waals surface area contributed by atoms with E-state index in [0.717, 1.165) is 38.5 Å². The third-order valence-electron chi connectivity index (χ3n) is 11.1. The largest absolute Gasteiger partial charge is 0.481 e. The molecule has 0 heterocycles. The van der Waals surface area contributed by atoms with Gasteiger partial charge in [0.1, 0.15) is 0 Å². The maximum Gasteiger partial charge on any atom is 0.310 e. The van der Waals surface area contributed by atoms with Gasteiger partial charge >= 0.3 is 5.97 Å².